The fourth-order valence-corrected chi connectivity index (χ4v) is 2.53. The van der Waals surface area contributed by atoms with Crippen molar-refractivity contribution in [2.45, 2.75) is 0 Å². The molecule has 2 amide bonds. The van der Waals surface area contributed by atoms with Crippen molar-refractivity contribution in [1.82, 2.24) is 4.98 Å². The molecule has 0 aliphatic rings. The number of nitrogens with one attached hydrogen (secondary N) is 1. The van der Waals surface area contributed by atoms with Crippen LogP contribution in [-0.4, -0.2) is 23.8 Å². The van der Waals surface area contributed by atoms with Gasteiger partial charge in [0.2, 0.25) is 0 Å². The molecule has 3 aromatic rings. The summed E-state index contributed by atoms with van der Waals surface area (Å²) in [5.41, 5.74) is 1.92. The summed E-state index contributed by atoms with van der Waals surface area (Å²) in [7, 11) is 1.67. The molecular weight excluding hydrogens is 340 g/mol. The Morgan fingerprint density at radius 2 is 1.74 bits per heavy atom. The summed E-state index contributed by atoms with van der Waals surface area (Å²) in [6.45, 7) is 0. The summed E-state index contributed by atoms with van der Waals surface area (Å²) < 4.78 is 0. The Morgan fingerprint density at radius 3 is 2.48 bits per heavy atom. The summed E-state index contributed by atoms with van der Waals surface area (Å²) in [5.74, 6) is -0.746. The van der Waals surface area contributed by atoms with Gasteiger partial charge in [0.1, 0.15) is 11.8 Å². The summed E-state index contributed by atoms with van der Waals surface area (Å²) in [6.07, 6.45) is 1.41. The van der Waals surface area contributed by atoms with Crippen LogP contribution in [0.3, 0.4) is 0 Å². The highest BCUT2D eigenvalue weighted by Crippen LogP contribution is 2.17. The Balaban J connectivity index is 1.82. The number of para-hydroxylation sites is 2. The first-order chi connectivity index (χ1) is 13.1. The number of amides is 2. The molecule has 132 valence electrons. The van der Waals surface area contributed by atoms with Crippen LogP contribution in [0, 0.1) is 11.3 Å². The van der Waals surface area contributed by atoms with E-state index < -0.39 is 5.91 Å². The van der Waals surface area contributed by atoms with Crippen LogP contribution in [0.2, 0.25) is 0 Å². The van der Waals surface area contributed by atoms with Gasteiger partial charge in [0.25, 0.3) is 11.8 Å². The van der Waals surface area contributed by atoms with Crippen LogP contribution in [0.1, 0.15) is 26.4 Å². The van der Waals surface area contributed by atoms with E-state index in [0.717, 1.165) is 5.69 Å². The zero-order valence-corrected chi connectivity index (χ0v) is 14.6. The van der Waals surface area contributed by atoms with Crippen LogP contribution in [0.25, 0.3) is 0 Å². The third-order valence-corrected chi connectivity index (χ3v) is 3.98. The van der Waals surface area contributed by atoms with E-state index in [0.29, 0.717) is 16.8 Å². The van der Waals surface area contributed by atoms with Gasteiger partial charge in [0.05, 0.1) is 11.3 Å². The summed E-state index contributed by atoms with van der Waals surface area (Å²) in [5, 5.41) is 11.8. The van der Waals surface area contributed by atoms with Crippen LogP contribution < -0.4 is 10.2 Å². The minimum Gasteiger partial charge on any atom is -0.319 e. The molecular formula is C21H16N4O2. The van der Waals surface area contributed by atoms with Gasteiger partial charge in [-0.1, -0.05) is 30.3 Å². The van der Waals surface area contributed by atoms with Gasteiger partial charge >= 0.3 is 0 Å². The Morgan fingerprint density at radius 1 is 1.04 bits per heavy atom. The van der Waals surface area contributed by atoms with E-state index in [1.165, 1.54) is 17.2 Å². The Bertz CT molecular complexity index is 1030. The number of carbonyl (C=O) groups excluding carboxylic acids is 2. The van der Waals surface area contributed by atoms with Gasteiger partial charge in [-0.2, -0.15) is 5.26 Å². The fourth-order valence-electron chi connectivity index (χ4n) is 2.53. The minimum atomic E-state index is -0.491. The van der Waals surface area contributed by atoms with E-state index in [1.807, 2.05) is 36.4 Å². The molecule has 0 saturated carbocycles. The molecule has 27 heavy (non-hydrogen) atoms. The van der Waals surface area contributed by atoms with Gasteiger partial charge in [-0.05, 0) is 36.4 Å². The van der Waals surface area contributed by atoms with Gasteiger partial charge in [0.15, 0.2) is 0 Å². The molecule has 0 fully saturated rings. The van der Waals surface area contributed by atoms with Crippen LogP contribution >= 0.6 is 0 Å². The van der Waals surface area contributed by atoms with Crippen molar-refractivity contribution in [2.24, 2.45) is 0 Å². The topological polar surface area (TPSA) is 86.1 Å². The van der Waals surface area contributed by atoms with E-state index in [4.69, 9.17) is 5.26 Å². The molecule has 1 heterocycles. The lowest BCUT2D eigenvalue weighted by Crippen LogP contribution is -2.26. The lowest BCUT2D eigenvalue weighted by atomic mass is 10.1. The first-order valence-corrected chi connectivity index (χ1v) is 8.20. The zero-order chi connectivity index (χ0) is 19.2. The van der Waals surface area contributed by atoms with E-state index in [-0.39, 0.29) is 11.6 Å². The van der Waals surface area contributed by atoms with Crippen molar-refractivity contribution in [3.05, 3.63) is 89.7 Å². The van der Waals surface area contributed by atoms with Crippen molar-refractivity contribution < 1.29 is 9.59 Å². The lowest BCUT2D eigenvalue weighted by Gasteiger charge is -2.17. The molecule has 2 aromatic carbocycles. The Labute approximate surface area is 156 Å². The molecule has 0 spiro atoms. The number of nitrogens with zero attached hydrogens (tertiary/aromatic N) is 3. The van der Waals surface area contributed by atoms with Crippen LogP contribution in [0.4, 0.5) is 11.4 Å². The van der Waals surface area contributed by atoms with Crippen molar-refractivity contribution in [3.63, 3.8) is 0 Å². The molecule has 0 radical (unpaired) electrons. The molecule has 3 rings (SSSR count). The third-order valence-electron chi connectivity index (χ3n) is 3.98. The van der Waals surface area contributed by atoms with Gasteiger partial charge < -0.3 is 10.2 Å². The van der Waals surface area contributed by atoms with Crippen molar-refractivity contribution in [1.29, 1.82) is 5.26 Å². The van der Waals surface area contributed by atoms with Crippen LogP contribution in [0.15, 0.2) is 72.9 Å². The fraction of sp³-hybridized carbons (Fsp3) is 0.0476. The maximum Gasteiger partial charge on any atom is 0.274 e. The van der Waals surface area contributed by atoms with E-state index >= 15 is 0 Å². The molecule has 0 saturated heterocycles. The predicted molar refractivity (Wildman–Crippen MR) is 103 cm³/mol. The highest BCUT2D eigenvalue weighted by atomic mass is 16.2. The Kier molecular flexibility index (Phi) is 5.24. The summed E-state index contributed by atoms with van der Waals surface area (Å²) in [4.78, 5) is 30.7. The quantitative estimate of drug-likeness (QED) is 0.775. The van der Waals surface area contributed by atoms with Gasteiger partial charge in [-0.25, -0.2) is 0 Å². The third kappa shape index (κ3) is 3.99. The number of pyridine rings is 1. The Hall–Kier alpha value is -3.98. The van der Waals surface area contributed by atoms with Crippen LogP contribution in [0.5, 0.6) is 0 Å². The van der Waals surface area contributed by atoms with Gasteiger partial charge in [-0.15, -0.1) is 0 Å². The highest BCUT2D eigenvalue weighted by molar-refractivity contribution is 6.08. The first-order valence-electron chi connectivity index (χ1n) is 8.20. The summed E-state index contributed by atoms with van der Waals surface area (Å²) >= 11 is 0. The number of carbonyl (C=O) groups is 2. The van der Waals surface area contributed by atoms with Crippen molar-refractivity contribution in [3.8, 4) is 6.07 Å². The van der Waals surface area contributed by atoms with Crippen LogP contribution in [-0.2, 0) is 0 Å². The normalized spacial score (nSPS) is 9.93. The second kappa shape index (κ2) is 7.93. The van der Waals surface area contributed by atoms with Gasteiger partial charge in [-0.3, -0.25) is 14.6 Å². The second-order valence-electron chi connectivity index (χ2n) is 5.74. The minimum absolute atomic E-state index is 0.0926. The highest BCUT2D eigenvalue weighted by Gasteiger charge is 2.17. The lowest BCUT2D eigenvalue weighted by molar-refractivity contribution is 0.0993. The molecule has 0 bridgehead atoms. The van der Waals surface area contributed by atoms with Crippen molar-refractivity contribution >= 4 is 23.2 Å². The molecule has 6 heteroatoms. The number of benzene rings is 2. The number of hydrogen-bond donors (Lipinski definition) is 1. The number of nitriles is 1. The number of rotatable bonds is 4. The number of hydrogen-bond acceptors (Lipinski definition) is 4. The molecule has 1 aromatic heterocycles. The second-order valence-corrected chi connectivity index (χ2v) is 5.74. The number of anilines is 2. The monoisotopic (exact) mass is 356 g/mol. The maximum absolute atomic E-state index is 12.7. The molecule has 1 N–H and O–H groups in total. The van der Waals surface area contributed by atoms with E-state index in [2.05, 4.69) is 10.3 Å². The molecule has 0 aliphatic heterocycles. The SMILES string of the molecule is CN(C(=O)c1ccnc(C(=O)Nc2ccccc2C#N)c1)c1ccccc1. The smallest absolute Gasteiger partial charge is 0.274 e. The molecule has 0 atom stereocenters. The average Bonchev–Trinajstić information content (AvgIpc) is 2.73. The molecule has 0 unspecified atom stereocenters. The van der Waals surface area contributed by atoms with E-state index in [9.17, 15) is 9.59 Å². The maximum atomic E-state index is 12.7. The zero-order valence-electron chi connectivity index (χ0n) is 14.6. The van der Waals surface area contributed by atoms with Gasteiger partial charge in [0, 0.05) is 24.5 Å². The van der Waals surface area contributed by atoms with Crippen molar-refractivity contribution in [2.75, 3.05) is 17.3 Å². The van der Waals surface area contributed by atoms with E-state index in [1.54, 1.807) is 37.4 Å². The molecule has 6 nitrogen and oxygen atoms in total. The molecule has 0 aliphatic carbocycles. The predicted octanol–water partition coefficient (Wildman–Crippen LogP) is 3.48. The number of aromatic nitrogens is 1. The first kappa shape index (κ1) is 17.8. The largest absolute Gasteiger partial charge is 0.319 e. The standard InChI is InChI=1S/C21H16N4O2/c1-25(17-8-3-2-4-9-17)21(27)15-11-12-23-19(13-15)20(26)24-18-10-6-5-7-16(18)14-22/h2-13H,1H3,(H,24,26). The summed E-state index contributed by atoms with van der Waals surface area (Å²) in [6, 6.07) is 20.9. The average molecular weight is 356 g/mol.